The average molecular weight is 471 g/mol. The lowest BCUT2D eigenvalue weighted by Crippen LogP contribution is -2.39. The monoisotopic (exact) mass is 471 g/mol. The Morgan fingerprint density at radius 2 is 1.91 bits per heavy atom. The standard InChI is InChI=1S/C21H19F2N7O4/c1-29-3-2-13(28-29)12-7-30(19-14(12)18(24)25-8-26-19)21-16(32)15(31)17(34-21)20(33)27-11-5-9(22)4-10(23)6-11/h2-8,15-17,21,31-32H,1H3,(H,27,33)(H2,24,25,26)/t15-,16+,17-,21+/m0/s1. The van der Waals surface area contributed by atoms with Crippen LogP contribution in [0.15, 0.2) is 43.0 Å². The molecule has 1 fully saturated rings. The van der Waals surface area contributed by atoms with Gasteiger partial charge in [-0.3, -0.25) is 9.48 Å². The molecule has 1 aliphatic heterocycles. The van der Waals surface area contributed by atoms with Gasteiger partial charge in [0.05, 0.1) is 11.1 Å². The predicted octanol–water partition coefficient (Wildman–Crippen LogP) is 0.950. The summed E-state index contributed by atoms with van der Waals surface area (Å²) in [5.41, 5.74) is 7.32. The second kappa shape index (κ2) is 8.13. The Balaban J connectivity index is 1.49. The molecule has 176 valence electrons. The lowest BCUT2D eigenvalue weighted by atomic mass is 10.1. The fraction of sp³-hybridized carbons (Fsp3) is 0.238. The van der Waals surface area contributed by atoms with Crippen LogP contribution in [0.5, 0.6) is 0 Å². The third-order valence-corrected chi connectivity index (χ3v) is 5.53. The van der Waals surface area contributed by atoms with Gasteiger partial charge in [0.25, 0.3) is 5.91 Å². The number of anilines is 2. The first kappa shape index (κ1) is 21.9. The highest BCUT2D eigenvalue weighted by Crippen LogP contribution is 2.38. The van der Waals surface area contributed by atoms with Crippen LogP contribution in [0.4, 0.5) is 20.3 Å². The lowest BCUT2D eigenvalue weighted by molar-refractivity contribution is -0.132. The number of ether oxygens (including phenoxy) is 1. The number of benzene rings is 1. The maximum Gasteiger partial charge on any atom is 0.256 e. The molecule has 13 heteroatoms. The number of carbonyl (C=O) groups is 1. The lowest BCUT2D eigenvalue weighted by Gasteiger charge is -2.17. The van der Waals surface area contributed by atoms with Crippen LogP contribution in [-0.2, 0) is 16.6 Å². The van der Waals surface area contributed by atoms with Gasteiger partial charge >= 0.3 is 0 Å². The fourth-order valence-corrected chi connectivity index (χ4v) is 4.00. The normalized spacial score (nSPS) is 22.4. The highest BCUT2D eigenvalue weighted by molar-refractivity contribution is 6.00. The topological polar surface area (TPSA) is 153 Å². The van der Waals surface area contributed by atoms with E-state index >= 15 is 0 Å². The number of aliphatic hydroxyl groups excluding tert-OH is 2. The molecule has 1 aromatic carbocycles. The number of fused-ring (bicyclic) bond motifs is 1. The summed E-state index contributed by atoms with van der Waals surface area (Å²) < 4.78 is 35.6. The van der Waals surface area contributed by atoms with Crippen molar-refractivity contribution in [3.8, 4) is 11.3 Å². The van der Waals surface area contributed by atoms with E-state index in [0.29, 0.717) is 22.7 Å². The van der Waals surface area contributed by atoms with Gasteiger partial charge in [-0.05, 0) is 18.2 Å². The molecule has 1 amide bonds. The second-order valence-electron chi connectivity index (χ2n) is 7.86. The third-order valence-electron chi connectivity index (χ3n) is 5.53. The quantitative estimate of drug-likeness (QED) is 0.343. The molecule has 5 N–H and O–H groups in total. The molecular weight excluding hydrogens is 452 g/mol. The van der Waals surface area contributed by atoms with Gasteiger partial charge in [-0.2, -0.15) is 5.10 Å². The first-order valence-electron chi connectivity index (χ1n) is 10.1. The van der Waals surface area contributed by atoms with Crippen molar-refractivity contribution < 1.29 is 28.5 Å². The molecule has 34 heavy (non-hydrogen) atoms. The molecule has 0 bridgehead atoms. The minimum absolute atomic E-state index is 0.166. The van der Waals surface area contributed by atoms with Gasteiger partial charge in [-0.25, -0.2) is 18.7 Å². The Bertz CT molecular complexity index is 1390. The van der Waals surface area contributed by atoms with E-state index in [9.17, 15) is 23.8 Å². The van der Waals surface area contributed by atoms with Crippen molar-refractivity contribution in [2.45, 2.75) is 24.5 Å². The predicted molar refractivity (Wildman–Crippen MR) is 115 cm³/mol. The number of halogens is 2. The van der Waals surface area contributed by atoms with Crippen molar-refractivity contribution in [3.63, 3.8) is 0 Å². The van der Waals surface area contributed by atoms with Gasteiger partial charge in [0.15, 0.2) is 12.3 Å². The summed E-state index contributed by atoms with van der Waals surface area (Å²) in [6, 6.07) is 4.23. The first-order chi connectivity index (χ1) is 16.2. The SMILES string of the molecule is Cn1ccc(-c2cn([C@@H]3O[C@H](C(=O)Nc4cc(F)cc(F)c4)[C@@H](O)[C@H]3O)c3ncnc(N)c23)n1. The van der Waals surface area contributed by atoms with Gasteiger partial charge in [-0.15, -0.1) is 0 Å². The van der Waals surface area contributed by atoms with Crippen LogP contribution >= 0.6 is 0 Å². The molecule has 4 heterocycles. The van der Waals surface area contributed by atoms with Crippen LogP contribution in [0.25, 0.3) is 22.3 Å². The number of rotatable bonds is 4. The summed E-state index contributed by atoms with van der Waals surface area (Å²) in [6.45, 7) is 0. The van der Waals surface area contributed by atoms with Crippen LogP contribution in [0.3, 0.4) is 0 Å². The minimum Gasteiger partial charge on any atom is -0.387 e. The number of aryl methyl sites for hydroxylation is 1. The van der Waals surface area contributed by atoms with E-state index in [0.717, 1.165) is 12.1 Å². The van der Waals surface area contributed by atoms with Crippen molar-refractivity contribution >= 4 is 28.4 Å². The Kier molecular flexibility index (Phi) is 5.23. The number of aliphatic hydroxyl groups is 2. The fourth-order valence-electron chi connectivity index (χ4n) is 4.00. The van der Waals surface area contributed by atoms with E-state index in [1.807, 2.05) is 0 Å². The summed E-state index contributed by atoms with van der Waals surface area (Å²) in [6.07, 6.45) is -1.40. The largest absolute Gasteiger partial charge is 0.387 e. The van der Waals surface area contributed by atoms with Crippen LogP contribution in [-0.4, -0.2) is 58.7 Å². The number of nitrogen functional groups attached to an aromatic ring is 1. The number of carbonyl (C=O) groups excluding carboxylic acids is 1. The Morgan fingerprint density at radius 1 is 1.18 bits per heavy atom. The molecule has 1 saturated heterocycles. The van der Waals surface area contributed by atoms with E-state index in [1.165, 1.54) is 10.9 Å². The number of nitrogens with zero attached hydrogens (tertiary/aromatic N) is 5. The Labute approximate surface area is 190 Å². The van der Waals surface area contributed by atoms with Crippen LogP contribution in [0, 0.1) is 11.6 Å². The van der Waals surface area contributed by atoms with Gasteiger partial charge in [0.2, 0.25) is 0 Å². The van der Waals surface area contributed by atoms with Gasteiger partial charge < -0.3 is 30.6 Å². The van der Waals surface area contributed by atoms with E-state index in [2.05, 4.69) is 20.4 Å². The van der Waals surface area contributed by atoms with Gasteiger partial charge in [0, 0.05) is 36.8 Å². The van der Waals surface area contributed by atoms with Gasteiger partial charge in [0.1, 0.15) is 41.6 Å². The second-order valence-corrected chi connectivity index (χ2v) is 7.86. The summed E-state index contributed by atoms with van der Waals surface area (Å²) >= 11 is 0. The zero-order valence-electron chi connectivity index (χ0n) is 17.6. The zero-order chi connectivity index (χ0) is 24.1. The summed E-state index contributed by atoms with van der Waals surface area (Å²) in [4.78, 5) is 21.0. The van der Waals surface area contributed by atoms with E-state index in [-0.39, 0.29) is 17.2 Å². The van der Waals surface area contributed by atoms with Crippen LogP contribution in [0.2, 0.25) is 0 Å². The molecule has 0 aliphatic carbocycles. The molecule has 0 saturated carbocycles. The molecule has 1 aliphatic rings. The van der Waals surface area contributed by atoms with Crippen molar-refractivity contribution in [3.05, 3.63) is 54.6 Å². The maximum absolute atomic E-state index is 13.5. The molecular formula is C21H19F2N7O4. The number of amides is 1. The summed E-state index contributed by atoms with van der Waals surface area (Å²) in [7, 11) is 1.75. The number of hydrogen-bond donors (Lipinski definition) is 4. The highest BCUT2D eigenvalue weighted by Gasteiger charge is 2.48. The molecule has 4 atom stereocenters. The number of hydrogen-bond acceptors (Lipinski definition) is 8. The van der Waals surface area contributed by atoms with Crippen molar-refractivity contribution in [2.75, 3.05) is 11.1 Å². The van der Waals surface area contributed by atoms with E-state index in [1.54, 1.807) is 30.2 Å². The Morgan fingerprint density at radius 3 is 2.59 bits per heavy atom. The van der Waals surface area contributed by atoms with Gasteiger partial charge in [-0.1, -0.05) is 0 Å². The number of aromatic nitrogens is 5. The zero-order valence-corrected chi connectivity index (χ0v) is 17.6. The number of nitrogens with two attached hydrogens (primary N) is 1. The maximum atomic E-state index is 13.5. The van der Waals surface area contributed by atoms with Crippen molar-refractivity contribution in [1.82, 2.24) is 24.3 Å². The van der Waals surface area contributed by atoms with Crippen LogP contribution < -0.4 is 11.1 Å². The molecule has 4 aromatic rings. The average Bonchev–Trinajstić information content (AvgIpc) is 3.44. The molecule has 0 unspecified atom stereocenters. The first-order valence-corrected chi connectivity index (χ1v) is 10.1. The minimum atomic E-state index is -1.64. The molecule has 0 spiro atoms. The van der Waals surface area contributed by atoms with E-state index in [4.69, 9.17) is 10.5 Å². The Hall–Kier alpha value is -3.94. The summed E-state index contributed by atoms with van der Waals surface area (Å²) in [5, 5.41) is 28.3. The molecule has 0 radical (unpaired) electrons. The van der Waals surface area contributed by atoms with Crippen LogP contribution in [0.1, 0.15) is 6.23 Å². The molecule has 5 rings (SSSR count). The number of nitrogens with one attached hydrogen (secondary N) is 1. The third kappa shape index (κ3) is 3.65. The molecule has 11 nitrogen and oxygen atoms in total. The highest BCUT2D eigenvalue weighted by atomic mass is 19.1. The summed E-state index contributed by atoms with van der Waals surface area (Å²) in [5.74, 6) is -2.51. The van der Waals surface area contributed by atoms with Crippen molar-refractivity contribution in [2.24, 2.45) is 7.05 Å². The molecule has 3 aromatic heterocycles. The smallest absolute Gasteiger partial charge is 0.256 e. The van der Waals surface area contributed by atoms with E-state index < -0.39 is 42.1 Å². The van der Waals surface area contributed by atoms with Crippen molar-refractivity contribution in [1.29, 1.82) is 0 Å².